The van der Waals surface area contributed by atoms with Gasteiger partial charge in [0.2, 0.25) is 0 Å². The highest BCUT2D eigenvalue weighted by Crippen LogP contribution is 2.28. The lowest BCUT2D eigenvalue weighted by Crippen LogP contribution is -2.26. The summed E-state index contributed by atoms with van der Waals surface area (Å²) in [4.78, 5) is -3.12. The maximum atomic E-state index is 12.2. The third-order valence-electron chi connectivity index (χ3n) is 1.46. The van der Waals surface area contributed by atoms with Crippen LogP contribution in [0.15, 0.2) is 0 Å². The van der Waals surface area contributed by atoms with Crippen LogP contribution >= 0.6 is 15.9 Å². The predicted molar refractivity (Wildman–Crippen MR) is 44.0 cm³/mol. The summed E-state index contributed by atoms with van der Waals surface area (Å²) in [5, 5.41) is 8.82. The molecule has 0 spiro atoms. The number of aliphatic hydroxyl groups excluding tert-OH is 1. The summed E-state index contributed by atoms with van der Waals surface area (Å²) in [6, 6.07) is 0. The summed E-state index contributed by atoms with van der Waals surface area (Å²) in [6.07, 6.45) is 1.13. The molecule has 11 heavy (non-hydrogen) atoms. The van der Waals surface area contributed by atoms with Gasteiger partial charge in [-0.2, -0.15) is 8.78 Å². The molecule has 0 radical (unpaired) electrons. The molecule has 0 aliphatic carbocycles. The van der Waals surface area contributed by atoms with Gasteiger partial charge < -0.3 is 5.11 Å². The van der Waals surface area contributed by atoms with Gasteiger partial charge in [0.25, 0.3) is 0 Å². The molecule has 0 saturated heterocycles. The Kier molecular flexibility index (Phi) is 5.17. The van der Waals surface area contributed by atoms with Crippen LogP contribution < -0.4 is 0 Å². The van der Waals surface area contributed by atoms with Gasteiger partial charge in [0.15, 0.2) is 0 Å². The number of rotatable bonds is 5. The Morgan fingerprint density at radius 1 is 1.45 bits per heavy atom. The van der Waals surface area contributed by atoms with E-state index in [1.807, 2.05) is 6.92 Å². The molecule has 4 heteroatoms. The first-order valence-corrected chi connectivity index (χ1v) is 4.52. The quantitative estimate of drug-likeness (QED) is 0.569. The molecule has 1 nitrogen and oxygen atoms in total. The zero-order valence-corrected chi connectivity index (χ0v) is 8.07. The first kappa shape index (κ1) is 11.3. The molecule has 0 saturated carbocycles. The van der Waals surface area contributed by atoms with Crippen LogP contribution in [0.1, 0.15) is 32.6 Å². The van der Waals surface area contributed by atoms with E-state index >= 15 is 0 Å². The monoisotopic (exact) mass is 230 g/mol. The van der Waals surface area contributed by atoms with Gasteiger partial charge in [-0.1, -0.05) is 26.2 Å². The fraction of sp³-hybridized carbons (Fsp3) is 1.00. The number of aliphatic hydroxyl groups is 1. The van der Waals surface area contributed by atoms with Crippen LogP contribution in [0.2, 0.25) is 0 Å². The van der Waals surface area contributed by atoms with Gasteiger partial charge in [0, 0.05) is 0 Å². The number of hydrogen-bond donors (Lipinski definition) is 1. The SMILES string of the molecule is CCCCCC(O)C(F)(F)Br. The van der Waals surface area contributed by atoms with E-state index in [1.54, 1.807) is 0 Å². The lowest BCUT2D eigenvalue weighted by atomic mass is 10.1. The largest absolute Gasteiger partial charge is 0.386 e. The average Bonchev–Trinajstić information content (AvgIpc) is 1.86. The van der Waals surface area contributed by atoms with E-state index in [2.05, 4.69) is 15.9 Å². The van der Waals surface area contributed by atoms with Crippen molar-refractivity contribution in [3.8, 4) is 0 Å². The van der Waals surface area contributed by atoms with Gasteiger partial charge in [0.05, 0.1) is 0 Å². The van der Waals surface area contributed by atoms with Crippen LogP contribution in [0.5, 0.6) is 0 Å². The van der Waals surface area contributed by atoms with Gasteiger partial charge in [-0.25, -0.2) is 0 Å². The van der Waals surface area contributed by atoms with Crippen LogP contribution in [0.25, 0.3) is 0 Å². The van der Waals surface area contributed by atoms with Crippen molar-refractivity contribution in [1.82, 2.24) is 0 Å². The van der Waals surface area contributed by atoms with E-state index in [9.17, 15) is 8.78 Å². The Morgan fingerprint density at radius 3 is 2.36 bits per heavy atom. The predicted octanol–water partition coefficient (Wildman–Crippen LogP) is 2.92. The van der Waals surface area contributed by atoms with E-state index in [0.717, 1.165) is 12.8 Å². The number of hydrogen-bond acceptors (Lipinski definition) is 1. The number of alkyl halides is 3. The summed E-state index contributed by atoms with van der Waals surface area (Å²) in [7, 11) is 0. The Bertz CT molecular complexity index is 103. The van der Waals surface area contributed by atoms with Crippen LogP contribution in [0.3, 0.4) is 0 Å². The van der Waals surface area contributed by atoms with E-state index < -0.39 is 10.9 Å². The van der Waals surface area contributed by atoms with Crippen molar-refractivity contribution < 1.29 is 13.9 Å². The first-order valence-electron chi connectivity index (χ1n) is 3.73. The molecule has 0 aliphatic rings. The standard InChI is InChI=1S/C7H13BrF2O/c1-2-3-4-5-6(11)7(8,9)10/h6,11H,2-5H2,1H3. The molecule has 68 valence electrons. The number of halogens is 3. The lowest BCUT2D eigenvalue weighted by molar-refractivity contribution is -0.0327. The van der Waals surface area contributed by atoms with E-state index in [0.29, 0.717) is 6.42 Å². The summed E-state index contributed by atoms with van der Waals surface area (Å²) >= 11 is 2.11. The van der Waals surface area contributed by atoms with Gasteiger partial charge in [-0.15, -0.1) is 0 Å². The fourth-order valence-corrected chi connectivity index (χ4v) is 0.980. The highest BCUT2D eigenvalue weighted by atomic mass is 79.9. The Labute approximate surface area is 73.9 Å². The molecular weight excluding hydrogens is 218 g/mol. The van der Waals surface area contributed by atoms with E-state index in [-0.39, 0.29) is 6.42 Å². The maximum Gasteiger partial charge on any atom is 0.326 e. The fourth-order valence-electron chi connectivity index (χ4n) is 0.751. The van der Waals surface area contributed by atoms with E-state index in [4.69, 9.17) is 5.11 Å². The Balaban J connectivity index is 3.44. The Morgan fingerprint density at radius 2 is 2.00 bits per heavy atom. The summed E-state index contributed by atoms with van der Waals surface area (Å²) in [6.45, 7) is 1.98. The van der Waals surface area contributed by atoms with Crippen molar-refractivity contribution in [2.75, 3.05) is 0 Å². The molecule has 1 N–H and O–H groups in total. The topological polar surface area (TPSA) is 20.2 Å². The molecule has 0 fully saturated rings. The minimum absolute atomic E-state index is 0.159. The van der Waals surface area contributed by atoms with Gasteiger partial charge >= 0.3 is 4.83 Å². The maximum absolute atomic E-state index is 12.2. The molecular formula is C7H13BrF2O. The summed E-state index contributed by atoms with van der Waals surface area (Å²) in [5.74, 6) is 0. The van der Waals surface area contributed by atoms with Crippen molar-refractivity contribution in [3.63, 3.8) is 0 Å². The Hall–Kier alpha value is 0.300. The molecule has 1 unspecified atom stereocenters. The number of unbranched alkanes of at least 4 members (excludes halogenated alkanes) is 2. The summed E-state index contributed by atoms with van der Waals surface area (Å²) in [5.41, 5.74) is 0. The molecule has 0 rings (SSSR count). The molecule has 0 aromatic heterocycles. The van der Waals surface area contributed by atoms with Crippen LogP contribution in [0.4, 0.5) is 8.78 Å². The highest BCUT2D eigenvalue weighted by Gasteiger charge is 2.33. The molecule has 0 aromatic rings. The second-order valence-electron chi connectivity index (χ2n) is 2.55. The van der Waals surface area contributed by atoms with Crippen molar-refractivity contribution in [2.45, 2.75) is 43.5 Å². The molecule has 0 aliphatic heterocycles. The van der Waals surface area contributed by atoms with Crippen molar-refractivity contribution >= 4 is 15.9 Å². The average molecular weight is 231 g/mol. The molecule has 0 amide bonds. The molecule has 0 heterocycles. The highest BCUT2D eigenvalue weighted by molar-refractivity contribution is 9.10. The third-order valence-corrected chi connectivity index (χ3v) is 1.99. The van der Waals surface area contributed by atoms with Crippen LogP contribution in [-0.4, -0.2) is 16.0 Å². The van der Waals surface area contributed by atoms with Gasteiger partial charge in [0.1, 0.15) is 6.10 Å². The van der Waals surface area contributed by atoms with Crippen molar-refractivity contribution in [1.29, 1.82) is 0 Å². The van der Waals surface area contributed by atoms with Gasteiger partial charge in [-0.05, 0) is 22.4 Å². The zero-order valence-electron chi connectivity index (χ0n) is 6.49. The van der Waals surface area contributed by atoms with E-state index in [1.165, 1.54) is 0 Å². The second-order valence-corrected chi connectivity index (χ2v) is 3.61. The third kappa shape index (κ3) is 5.56. The summed E-state index contributed by atoms with van der Waals surface area (Å²) < 4.78 is 24.4. The first-order chi connectivity index (χ1) is 4.98. The minimum Gasteiger partial charge on any atom is -0.386 e. The van der Waals surface area contributed by atoms with Crippen molar-refractivity contribution in [3.05, 3.63) is 0 Å². The lowest BCUT2D eigenvalue weighted by Gasteiger charge is -2.15. The van der Waals surface area contributed by atoms with Crippen LogP contribution in [0, 0.1) is 0 Å². The molecule has 0 bridgehead atoms. The van der Waals surface area contributed by atoms with Crippen molar-refractivity contribution in [2.24, 2.45) is 0 Å². The molecule has 1 atom stereocenters. The smallest absolute Gasteiger partial charge is 0.326 e. The zero-order chi connectivity index (χ0) is 8.91. The normalized spacial score (nSPS) is 15.0. The molecule has 0 aromatic carbocycles. The minimum atomic E-state index is -3.12. The van der Waals surface area contributed by atoms with Gasteiger partial charge in [-0.3, -0.25) is 0 Å². The van der Waals surface area contributed by atoms with Crippen LogP contribution in [-0.2, 0) is 0 Å². The second kappa shape index (κ2) is 5.04.